The molecule has 1 aromatic rings. The Bertz CT molecular complexity index is 468. The van der Waals surface area contributed by atoms with Gasteiger partial charge >= 0.3 is 0 Å². The zero-order valence-corrected chi connectivity index (χ0v) is 12.3. The monoisotopic (exact) mass is 275 g/mol. The van der Waals surface area contributed by atoms with Crippen LogP contribution in [0.4, 0.5) is 5.82 Å². The Balaban J connectivity index is 1.51. The molecule has 4 nitrogen and oxygen atoms in total. The highest BCUT2D eigenvalue weighted by molar-refractivity contribution is 5.30. The van der Waals surface area contributed by atoms with Crippen molar-refractivity contribution >= 4 is 5.82 Å². The van der Waals surface area contributed by atoms with Gasteiger partial charge in [0.15, 0.2) is 0 Å². The van der Waals surface area contributed by atoms with Crippen molar-refractivity contribution in [3.63, 3.8) is 0 Å². The number of hydrogen-bond donors (Lipinski definition) is 1. The summed E-state index contributed by atoms with van der Waals surface area (Å²) in [6, 6.07) is 1.96. The lowest BCUT2D eigenvalue weighted by Gasteiger charge is -2.54. The number of ether oxygens (including phenoxy) is 1. The lowest BCUT2D eigenvalue weighted by atomic mass is 9.52. The maximum absolute atomic E-state index is 6.12. The fourth-order valence-electron chi connectivity index (χ4n) is 5.39. The Hall–Kier alpha value is -1.03. The number of rotatable bonds is 4. The number of nitrogen functional groups attached to an aromatic ring is 1. The van der Waals surface area contributed by atoms with Crippen LogP contribution in [0.1, 0.15) is 37.8 Å². The second-order valence-electron chi connectivity index (χ2n) is 7.27. The third kappa shape index (κ3) is 2.05. The average molecular weight is 275 g/mol. The van der Waals surface area contributed by atoms with Gasteiger partial charge in [0.25, 0.3) is 0 Å². The topological polar surface area (TPSA) is 53.1 Å². The Labute approximate surface area is 120 Å². The molecule has 1 heterocycles. The van der Waals surface area contributed by atoms with Crippen molar-refractivity contribution in [1.29, 1.82) is 0 Å². The molecule has 110 valence electrons. The van der Waals surface area contributed by atoms with Crippen molar-refractivity contribution in [2.24, 2.45) is 29.6 Å². The molecule has 0 aliphatic heterocycles. The predicted molar refractivity (Wildman–Crippen MR) is 77.9 cm³/mol. The van der Waals surface area contributed by atoms with Crippen LogP contribution < -0.4 is 5.73 Å². The standard InChI is InChI=1S/C16H25N3O/c1-20-9-14-7-16(17)19(18-14)8-15-12-3-10-2-11(5-12)6-13(15)4-10/h7,10-13,15H,2-6,8-9,17H2,1H3. The molecule has 4 bridgehead atoms. The number of anilines is 1. The molecule has 4 saturated carbocycles. The molecule has 0 spiro atoms. The SMILES string of the molecule is COCc1cc(N)n(CC2C3CC4CC(C3)CC2C4)n1. The second kappa shape index (κ2) is 4.76. The molecule has 0 saturated heterocycles. The number of aromatic nitrogens is 2. The van der Waals surface area contributed by atoms with E-state index in [0.29, 0.717) is 6.61 Å². The molecule has 5 rings (SSSR count). The van der Waals surface area contributed by atoms with E-state index >= 15 is 0 Å². The first kappa shape index (κ1) is 12.7. The Morgan fingerprint density at radius 1 is 1.20 bits per heavy atom. The van der Waals surface area contributed by atoms with Crippen LogP contribution in [0.25, 0.3) is 0 Å². The van der Waals surface area contributed by atoms with Crippen LogP contribution >= 0.6 is 0 Å². The molecule has 1 aromatic heterocycles. The van der Waals surface area contributed by atoms with Gasteiger partial charge in [0.1, 0.15) is 5.82 Å². The van der Waals surface area contributed by atoms with E-state index in [1.165, 1.54) is 32.1 Å². The zero-order chi connectivity index (χ0) is 13.7. The van der Waals surface area contributed by atoms with Gasteiger partial charge in [-0.25, -0.2) is 4.68 Å². The van der Waals surface area contributed by atoms with E-state index < -0.39 is 0 Å². The second-order valence-corrected chi connectivity index (χ2v) is 7.27. The Morgan fingerprint density at radius 2 is 1.85 bits per heavy atom. The van der Waals surface area contributed by atoms with Crippen LogP contribution in [-0.4, -0.2) is 16.9 Å². The molecule has 20 heavy (non-hydrogen) atoms. The molecule has 4 fully saturated rings. The predicted octanol–water partition coefficient (Wildman–Crippen LogP) is 2.68. The quantitative estimate of drug-likeness (QED) is 0.919. The number of methoxy groups -OCH3 is 1. The Morgan fingerprint density at radius 3 is 2.45 bits per heavy atom. The maximum Gasteiger partial charge on any atom is 0.122 e. The van der Waals surface area contributed by atoms with Gasteiger partial charge in [-0.05, 0) is 61.7 Å². The van der Waals surface area contributed by atoms with E-state index in [1.807, 2.05) is 10.7 Å². The molecule has 4 aliphatic carbocycles. The summed E-state index contributed by atoms with van der Waals surface area (Å²) in [5.74, 6) is 5.54. The first-order valence-electron chi connectivity index (χ1n) is 8.04. The van der Waals surface area contributed by atoms with Gasteiger partial charge in [-0.2, -0.15) is 5.10 Å². The van der Waals surface area contributed by atoms with Crippen LogP contribution in [0.2, 0.25) is 0 Å². The summed E-state index contributed by atoms with van der Waals surface area (Å²) in [7, 11) is 1.70. The highest BCUT2D eigenvalue weighted by Gasteiger charge is 2.48. The molecule has 4 heteroatoms. The summed E-state index contributed by atoms with van der Waals surface area (Å²) in [6.07, 6.45) is 7.36. The van der Waals surface area contributed by atoms with Gasteiger partial charge in [0.2, 0.25) is 0 Å². The molecule has 0 amide bonds. The van der Waals surface area contributed by atoms with Gasteiger partial charge in [-0.15, -0.1) is 0 Å². The van der Waals surface area contributed by atoms with Crippen LogP contribution in [0.15, 0.2) is 6.07 Å². The first-order chi connectivity index (χ1) is 9.72. The van der Waals surface area contributed by atoms with Crippen molar-refractivity contribution in [3.05, 3.63) is 11.8 Å². The molecule has 0 unspecified atom stereocenters. The smallest absolute Gasteiger partial charge is 0.122 e. The lowest BCUT2D eigenvalue weighted by molar-refractivity contribution is -0.0440. The largest absolute Gasteiger partial charge is 0.384 e. The van der Waals surface area contributed by atoms with Crippen molar-refractivity contribution in [2.45, 2.75) is 45.3 Å². The summed E-state index contributed by atoms with van der Waals surface area (Å²) >= 11 is 0. The first-order valence-corrected chi connectivity index (χ1v) is 8.04. The van der Waals surface area contributed by atoms with E-state index in [-0.39, 0.29) is 0 Å². The van der Waals surface area contributed by atoms with E-state index in [9.17, 15) is 0 Å². The van der Waals surface area contributed by atoms with Crippen molar-refractivity contribution in [3.8, 4) is 0 Å². The van der Waals surface area contributed by atoms with E-state index in [0.717, 1.165) is 47.6 Å². The molecule has 0 radical (unpaired) electrons. The molecule has 0 aromatic carbocycles. The minimum absolute atomic E-state index is 0.554. The average Bonchev–Trinajstić information content (AvgIpc) is 2.74. The molecular weight excluding hydrogens is 250 g/mol. The fourth-order valence-corrected chi connectivity index (χ4v) is 5.39. The molecule has 2 N–H and O–H groups in total. The van der Waals surface area contributed by atoms with Crippen LogP contribution in [-0.2, 0) is 17.9 Å². The van der Waals surface area contributed by atoms with Crippen molar-refractivity contribution in [1.82, 2.24) is 9.78 Å². The molecule has 4 aliphatic rings. The summed E-state index contributed by atoms with van der Waals surface area (Å²) < 4.78 is 7.18. The van der Waals surface area contributed by atoms with Gasteiger partial charge < -0.3 is 10.5 Å². The third-order valence-corrected chi connectivity index (χ3v) is 5.96. The maximum atomic E-state index is 6.12. The fraction of sp³-hybridized carbons (Fsp3) is 0.812. The third-order valence-electron chi connectivity index (χ3n) is 5.96. The number of hydrogen-bond acceptors (Lipinski definition) is 3. The van der Waals surface area contributed by atoms with Crippen LogP contribution in [0.5, 0.6) is 0 Å². The minimum atomic E-state index is 0.554. The van der Waals surface area contributed by atoms with Gasteiger partial charge in [0.05, 0.1) is 12.3 Å². The Kier molecular flexibility index (Phi) is 3.02. The van der Waals surface area contributed by atoms with Crippen molar-refractivity contribution in [2.75, 3.05) is 12.8 Å². The van der Waals surface area contributed by atoms with Crippen LogP contribution in [0.3, 0.4) is 0 Å². The minimum Gasteiger partial charge on any atom is -0.384 e. The molecular formula is C16H25N3O. The van der Waals surface area contributed by atoms with E-state index in [2.05, 4.69) is 5.10 Å². The van der Waals surface area contributed by atoms with Gasteiger partial charge in [0, 0.05) is 19.7 Å². The summed E-state index contributed by atoms with van der Waals surface area (Å²) in [5.41, 5.74) is 7.07. The highest BCUT2D eigenvalue weighted by atomic mass is 16.5. The lowest BCUT2D eigenvalue weighted by Crippen LogP contribution is -2.46. The van der Waals surface area contributed by atoms with Crippen molar-refractivity contribution < 1.29 is 4.74 Å². The van der Waals surface area contributed by atoms with E-state index in [1.54, 1.807) is 7.11 Å². The summed E-state index contributed by atoms with van der Waals surface area (Å²) in [6.45, 7) is 1.57. The van der Waals surface area contributed by atoms with Crippen LogP contribution in [0, 0.1) is 29.6 Å². The molecule has 0 atom stereocenters. The summed E-state index contributed by atoms with van der Waals surface area (Å²) in [4.78, 5) is 0. The zero-order valence-electron chi connectivity index (χ0n) is 12.3. The van der Waals surface area contributed by atoms with Gasteiger partial charge in [-0.3, -0.25) is 0 Å². The number of nitrogens with zero attached hydrogens (tertiary/aromatic N) is 2. The summed E-state index contributed by atoms with van der Waals surface area (Å²) in [5, 5.41) is 4.62. The number of nitrogens with two attached hydrogens (primary N) is 1. The highest BCUT2D eigenvalue weighted by Crippen LogP contribution is 2.56. The van der Waals surface area contributed by atoms with Gasteiger partial charge in [-0.1, -0.05) is 0 Å². The normalized spacial score (nSPS) is 38.5. The van der Waals surface area contributed by atoms with E-state index in [4.69, 9.17) is 10.5 Å².